The highest BCUT2D eigenvalue weighted by Crippen LogP contribution is 2.19. The quantitative estimate of drug-likeness (QED) is 0.873. The van der Waals surface area contributed by atoms with Gasteiger partial charge in [-0.15, -0.1) is 12.4 Å². The van der Waals surface area contributed by atoms with Crippen LogP contribution in [0.2, 0.25) is 0 Å². The molecule has 2 atom stereocenters. The van der Waals surface area contributed by atoms with Gasteiger partial charge in [0.1, 0.15) is 5.75 Å². The van der Waals surface area contributed by atoms with E-state index in [2.05, 4.69) is 10.6 Å². The first-order valence-corrected chi connectivity index (χ1v) is 7.86. The first kappa shape index (κ1) is 18.8. The molecule has 124 valence electrons. The van der Waals surface area contributed by atoms with Crippen molar-refractivity contribution >= 4 is 18.3 Å². The Balaban J connectivity index is 0.00000242. The van der Waals surface area contributed by atoms with Gasteiger partial charge < -0.3 is 15.4 Å². The Morgan fingerprint density at radius 1 is 1.23 bits per heavy atom. The van der Waals surface area contributed by atoms with Gasteiger partial charge in [0, 0.05) is 0 Å². The predicted octanol–water partition coefficient (Wildman–Crippen LogP) is 3.21. The van der Waals surface area contributed by atoms with Crippen molar-refractivity contribution in [2.45, 2.75) is 58.2 Å². The molecule has 2 N–H and O–H groups in total. The molecule has 0 aliphatic carbocycles. The van der Waals surface area contributed by atoms with Gasteiger partial charge in [0.05, 0.1) is 18.2 Å². The number of amides is 1. The lowest BCUT2D eigenvalue weighted by atomic mass is 10.0. The highest BCUT2D eigenvalue weighted by atomic mass is 35.5. The SMILES string of the molecule is CC(C)Oc1ccc(C(C)NC(=O)[C@H]2CCCCN2)cc1.Cl. The molecule has 22 heavy (non-hydrogen) atoms. The standard InChI is InChI=1S/C17H26N2O2.ClH/c1-12(2)21-15-9-7-14(8-10-15)13(3)19-17(20)16-6-4-5-11-18-16;/h7-10,12-13,16,18H,4-6,11H2,1-3H3,(H,19,20);1H/t13?,16-;/m1./s1. The Kier molecular flexibility index (Phi) is 7.69. The monoisotopic (exact) mass is 326 g/mol. The van der Waals surface area contributed by atoms with Crippen LogP contribution in [0.1, 0.15) is 51.6 Å². The second kappa shape index (κ2) is 9.01. The Bertz CT molecular complexity index is 456. The van der Waals surface area contributed by atoms with Crippen molar-refractivity contribution in [1.29, 1.82) is 0 Å². The molecular formula is C17H27ClN2O2. The van der Waals surface area contributed by atoms with Crippen LogP contribution >= 0.6 is 12.4 Å². The molecule has 1 amide bonds. The molecule has 0 spiro atoms. The fourth-order valence-corrected chi connectivity index (χ4v) is 2.58. The fraction of sp³-hybridized carbons (Fsp3) is 0.588. The lowest BCUT2D eigenvalue weighted by Gasteiger charge is -2.24. The number of carbonyl (C=O) groups is 1. The summed E-state index contributed by atoms with van der Waals surface area (Å²) < 4.78 is 5.63. The highest BCUT2D eigenvalue weighted by molar-refractivity contribution is 5.85. The molecule has 1 aliphatic heterocycles. The molecule has 1 fully saturated rings. The fourth-order valence-electron chi connectivity index (χ4n) is 2.58. The van der Waals surface area contributed by atoms with Crippen molar-refractivity contribution in [3.8, 4) is 5.75 Å². The van der Waals surface area contributed by atoms with Gasteiger partial charge in [-0.2, -0.15) is 0 Å². The van der Waals surface area contributed by atoms with Crippen LogP contribution in [0.4, 0.5) is 0 Å². The third-order valence-electron chi connectivity index (χ3n) is 3.74. The van der Waals surface area contributed by atoms with E-state index >= 15 is 0 Å². The van der Waals surface area contributed by atoms with E-state index < -0.39 is 0 Å². The number of ether oxygens (including phenoxy) is 1. The minimum atomic E-state index is -0.0373. The summed E-state index contributed by atoms with van der Waals surface area (Å²) in [4.78, 5) is 12.2. The minimum Gasteiger partial charge on any atom is -0.491 e. The van der Waals surface area contributed by atoms with Crippen molar-refractivity contribution in [3.63, 3.8) is 0 Å². The summed E-state index contributed by atoms with van der Waals surface area (Å²) in [5.41, 5.74) is 1.09. The van der Waals surface area contributed by atoms with Gasteiger partial charge in [0.15, 0.2) is 0 Å². The molecule has 0 saturated carbocycles. The Labute approximate surface area is 139 Å². The van der Waals surface area contributed by atoms with Gasteiger partial charge in [-0.3, -0.25) is 4.79 Å². The van der Waals surface area contributed by atoms with Crippen LogP contribution in [0.5, 0.6) is 5.75 Å². The molecule has 1 heterocycles. The van der Waals surface area contributed by atoms with Crippen molar-refractivity contribution < 1.29 is 9.53 Å². The number of halogens is 1. The largest absolute Gasteiger partial charge is 0.491 e. The van der Waals surface area contributed by atoms with Gasteiger partial charge >= 0.3 is 0 Å². The maximum atomic E-state index is 12.2. The molecule has 4 nitrogen and oxygen atoms in total. The summed E-state index contributed by atoms with van der Waals surface area (Å²) in [7, 11) is 0. The summed E-state index contributed by atoms with van der Waals surface area (Å²) in [6.07, 6.45) is 3.39. The van der Waals surface area contributed by atoms with E-state index in [1.807, 2.05) is 45.0 Å². The average molecular weight is 327 g/mol. The van der Waals surface area contributed by atoms with Crippen LogP contribution in [0, 0.1) is 0 Å². The van der Waals surface area contributed by atoms with Crippen LogP contribution in [0.15, 0.2) is 24.3 Å². The van der Waals surface area contributed by atoms with Gasteiger partial charge in [-0.25, -0.2) is 0 Å². The normalized spacial score (nSPS) is 19.2. The average Bonchev–Trinajstić information content (AvgIpc) is 2.48. The van der Waals surface area contributed by atoms with Gasteiger partial charge in [-0.05, 0) is 57.9 Å². The third kappa shape index (κ3) is 5.50. The summed E-state index contributed by atoms with van der Waals surface area (Å²) in [6.45, 7) is 6.97. The number of benzene rings is 1. The van der Waals surface area contributed by atoms with Gasteiger partial charge in [-0.1, -0.05) is 18.6 Å². The van der Waals surface area contributed by atoms with Crippen molar-refractivity contribution in [2.24, 2.45) is 0 Å². The second-order valence-electron chi connectivity index (χ2n) is 5.97. The molecule has 1 aliphatic rings. The smallest absolute Gasteiger partial charge is 0.237 e. The molecule has 1 unspecified atom stereocenters. The molecule has 0 radical (unpaired) electrons. The Morgan fingerprint density at radius 3 is 2.45 bits per heavy atom. The molecule has 1 aromatic rings. The van der Waals surface area contributed by atoms with Crippen molar-refractivity contribution in [2.75, 3.05) is 6.54 Å². The van der Waals surface area contributed by atoms with Gasteiger partial charge in [0.25, 0.3) is 0 Å². The molecule has 1 saturated heterocycles. The zero-order valence-electron chi connectivity index (χ0n) is 13.6. The Hall–Kier alpha value is -1.26. The van der Waals surface area contributed by atoms with Crippen LogP contribution in [0.3, 0.4) is 0 Å². The number of hydrogen-bond donors (Lipinski definition) is 2. The number of rotatable bonds is 5. The maximum absolute atomic E-state index is 12.2. The van der Waals surface area contributed by atoms with Crippen LogP contribution in [0.25, 0.3) is 0 Å². The first-order chi connectivity index (χ1) is 10.1. The zero-order chi connectivity index (χ0) is 15.2. The van der Waals surface area contributed by atoms with Gasteiger partial charge in [0.2, 0.25) is 5.91 Å². The van der Waals surface area contributed by atoms with Crippen LogP contribution < -0.4 is 15.4 Å². The first-order valence-electron chi connectivity index (χ1n) is 7.86. The third-order valence-corrected chi connectivity index (χ3v) is 3.74. The number of nitrogens with one attached hydrogen (secondary N) is 2. The maximum Gasteiger partial charge on any atom is 0.237 e. The Morgan fingerprint density at radius 2 is 1.91 bits per heavy atom. The van der Waals surface area contributed by atoms with E-state index in [1.165, 1.54) is 0 Å². The van der Waals surface area contributed by atoms with E-state index in [0.29, 0.717) is 0 Å². The molecule has 1 aromatic carbocycles. The van der Waals surface area contributed by atoms with Crippen molar-refractivity contribution in [3.05, 3.63) is 29.8 Å². The summed E-state index contributed by atoms with van der Waals surface area (Å²) in [6, 6.07) is 7.90. The van der Waals surface area contributed by atoms with E-state index in [4.69, 9.17) is 4.74 Å². The zero-order valence-corrected chi connectivity index (χ0v) is 14.4. The van der Waals surface area contributed by atoms with E-state index in [-0.39, 0.29) is 36.5 Å². The van der Waals surface area contributed by atoms with E-state index in [9.17, 15) is 4.79 Å². The molecular weight excluding hydrogens is 300 g/mol. The highest BCUT2D eigenvalue weighted by Gasteiger charge is 2.21. The lowest BCUT2D eigenvalue weighted by Crippen LogP contribution is -2.47. The minimum absolute atomic E-state index is 0. The van der Waals surface area contributed by atoms with Crippen LogP contribution in [-0.2, 0) is 4.79 Å². The summed E-state index contributed by atoms with van der Waals surface area (Å²) in [5.74, 6) is 0.964. The number of hydrogen-bond acceptors (Lipinski definition) is 3. The summed E-state index contributed by atoms with van der Waals surface area (Å²) >= 11 is 0. The molecule has 0 aromatic heterocycles. The van der Waals surface area contributed by atoms with E-state index in [1.54, 1.807) is 0 Å². The number of piperidine rings is 1. The topological polar surface area (TPSA) is 50.4 Å². The predicted molar refractivity (Wildman–Crippen MR) is 91.7 cm³/mol. The lowest BCUT2D eigenvalue weighted by molar-refractivity contribution is -0.124. The van der Waals surface area contributed by atoms with E-state index in [0.717, 1.165) is 37.1 Å². The molecule has 5 heteroatoms. The summed E-state index contributed by atoms with van der Waals surface area (Å²) in [5, 5.41) is 6.36. The van der Waals surface area contributed by atoms with Crippen LogP contribution in [-0.4, -0.2) is 24.6 Å². The molecule has 0 bridgehead atoms. The molecule has 2 rings (SSSR count). The number of carbonyl (C=O) groups excluding carboxylic acids is 1. The second-order valence-corrected chi connectivity index (χ2v) is 5.97. The van der Waals surface area contributed by atoms with Crippen molar-refractivity contribution in [1.82, 2.24) is 10.6 Å².